The topological polar surface area (TPSA) is 66.8 Å². The number of aliphatic hydroxyl groups is 1. The second kappa shape index (κ2) is 9.13. The summed E-state index contributed by atoms with van der Waals surface area (Å²) in [6.45, 7) is 3.78. The molecule has 3 aromatic rings. The molecule has 5 rings (SSSR count). The summed E-state index contributed by atoms with van der Waals surface area (Å²) in [7, 11) is 0. The number of hydrogen-bond donors (Lipinski definition) is 1. The molecule has 35 heavy (non-hydrogen) atoms. The third kappa shape index (κ3) is 4.13. The summed E-state index contributed by atoms with van der Waals surface area (Å²) in [6.07, 6.45) is -1.91. The van der Waals surface area contributed by atoms with Crippen LogP contribution in [0.25, 0.3) is 0 Å². The Kier molecular flexibility index (Phi) is 6.15. The normalized spacial score (nSPS) is 23.5. The average molecular weight is 492 g/mol. The molecule has 0 aliphatic carbocycles. The van der Waals surface area contributed by atoms with Crippen molar-refractivity contribution in [1.29, 1.82) is 0 Å². The molecule has 1 amide bonds. The second-order valence-corrected chi connectivity index (χ2v) is 11.2. The number of nitrogens with zero attached hydrogens (tertiary/aromatic N) is 1. The lowest BCUT2D eigenvalue weighted by atomic mass is 9.85. The van der Waals surface area contributed by atoms with Crippen molar-refractivity contribution in [2.75, 3.05) is 0 Å². The summed E-state index contributed by atoms with van der Waals surface area (Å²) in [4.78, 5) is 28.3. The molecule has 180 valence electrons. The highest BCUT2D eigenvalue weighted by molar-refractivity contribution is 8.01. The lowest BCUT2D eigenvalue weighted by Crippen LogP contribution is -2.64. The average Bonchev–Trinajstić information content (AvgIpc) is 3.10. The van der Waals surface area contributed by atoms with Crippen molar-refractivity contribution in [3.8, 4) is 0 Å². The van der Waals surface area contributed by atoms with Gasteiger partial charge in [0.1, 0.15) is 11.9 Å². The number of hydrogen-bond acceptors (Lipinski definition) is 5. The van der Waals surface area contributed by atoms with E-state index in [1.165, 1.54) is 34.9 Å². The summed E-state index contributed by atoms with van der Waals surface area (Å²) < 4.78 is 19.7. The third-order valence-electron chi connectivity index (χ3n) is 6.71. The largest absolute Gasteiger partial charge is 0.451 e. The number of rotatable bonds is 6. The smallest absolute Gasteiger partial charge is 0.331 e. The number of fused-ring (bicyclic) bond motifs is 1. The Bertz CT molecular complexity index is 1200. The fourth-order valence-electron chi connectivity index (χ4n) is 4.99. The molecular weight excluding hydrogens is 465 g/mol. The monoisotopic (exact) mass is 491 g/mol. The third-order valence-corrected chi connectivity index (χ3v) is 8.30. The highest BCUT2D eigenvalue weighted by atomic mass is 32.2. The fraction of sp³-hybridized carbons (Fsp3) is 0.286. The minimum absolute atomic E-state index is 0.0863. The van der Waals surface area contributed by atoms with Gasteiger partial charge in [0.2, 0.25) is 5.91 Å². The standard InChI is InChI=1S/C28H26FNO4S/c1-28(2)24(27(33)34-23(17-11-5-3-6-12-17)18-13-7-4-8-14-18)30-25(32)21(26(30)35-28)22(31)19-15-9-10-16-20(19)29/h3-16,21-24,26,31H,1-2H3/t21-,22?,24+,26-/m1/s1. The zero-order valence-electron chi connectivity index (χ0n) is 19.4. The van der Waals surface area contributed by atoms with Crippen LogP contribution < -0.4 is 0 Å². The van der Waals surface area contributed by atoms with Crippen LogP contribution in [0.5, 0.6) is 0 Å². The Hall–Kier alpha value is -3.16. The van der Waals surface area contributed by atoms with Gasteiger partial charge in [0, 0.05) is 10.3 Å². The van der Waals surface area contributed by atoms with Gasteiger partial charge in [0.05, 0.1) is 17.4 Å². The summed E-state index contributed by atoms with van der Waals surface area (Å²) in [5, 5.41) is 10.4. The molecule has 2 fully saturated rings. The SMILES string of the molecule is CC1(C)S[C@@H]2[C@H](C(O)c3ccccc3F)C(=O)N2[C@H]1C(=O)OC(c1ccccc1)c1ccccc1. The predicted molar refractivity (Wildman–Crippen MR) is 132 cm³/mol. The van der Waals surface area contributed by atoms with Crippen molar-refractivity contribution in [3.05, 3.63) is 107 Å². The van der Waals surface area contributed by atoms with Crippen LogP contribution in [0.1, 0.15) is 42.7 Å². The molecule has 7 heteroatoms. The number of thioether (sulfide) groups is 1. The van der Waals surface area contributed by atoms with Crippen LogP contribution in [0, 0.1) is 11.7 Å². The van der Waals surface area contributed by atoms with Crippen molar-refractivity contribution >= 4 is 23.6 Å². The van der Waals surface area contributed by atoms with Crippen molar-refractivity contribution in [1.82, 2.24) is 4.90 Å². The summed E-state index contributed by atoms with van der Waals surface area (Å²) in [5.41, 5.74) is 1.74. The van der Waals surface area contributed by atoms with Crippen LogP contribution in [0.3, 0.4) is 0 Å². The zero-order chi connectivity index (χ0) is 24.7. The first-order chi connectivity index (χ1) is 16.8. The van der Waals surface area contributed by atoms with Gasteiger partial charge in [0.15, 0.2) is 6.10 Å². The van der Waals surface area contributed by atoms with Gasteiger partial charge in [0.25, 0.3) is 0 Å². The lowest BCUT2D eigenvalue weighted by Gasteiger charge is -2.46. The van der Waals surface area contributed by atoms with Crippen molar-refractivity contribution < 1.29 is 23.8 Å². The molecule has 0 radical (unpaired) electrons. The predicted octanol–water partition coefficient (Wildman–Crippen LogP) is 4.87. The lowest BCUT2D eigenvalue weighted by molar-refractivity contribution is -0.173. The number of carbonyl (C=O) groups is 2. The summed E-state index contributed by atoms with van der Waals surface area (Å²) in [6, 6.07) is 24.0. The molecule has 2 saturated heterocycles. The molecule has 1 unspecified atom stereocenters. The quantitative estimate of drug-likeness (QED) is 0.394. The number of aliphatic hydroxyl groups excluding tert-OH is 1. The van der Waals surface area contributed by atoms with Crippen LogP contribution >= 0.6 is 11.8 Å². The number of β-lactam (4-membered cyclic amide) rings is 1. The maximum absolute atomic E-state index is 14.3. The summed E-state index contributed by atoms with van der Waals surface area (Å²) >= 11 is 1.44. The number of benzene rings is 3. The zero-order valence-corrected chi connectivity index (χ0v) is 20.2. The van der Waals surface area contributed by atoms with E-state index in [1.54, 1.807) is 6.07 Å². The van der Waals surface area contributed by atoms with Crippen molar-refractivity contribution in [3.63, 3.8) is 0 Å². The van der Waals surface area contributed by atoms with E-state index in [2.05, 4.69) is 0 Å². The second-order valence-electron chi connectivity index (χ2n) is 9.39. The first-order valence-corrected chi connectivity index (χ1v) is 12.4. The summed E-state index contributed by atoms with van der Waals surface area (Å²) in [5.74, 6) is -2.26. The van der Waals surface area contributed by atoms with E-state index in [9.17, 15) is 19.1 Å². The van der Waals surface area contributed by atoms with Crippen molar-refractivity contribution in [2.24, 2.45) is 5.92 Å². The first-order valence-electron chi connectivity index (χ1n) is 11.5. The molecule has 0 spiro atoms. The number of amides is 1. The van der Waals surface area contributed by atoms with E-state index in [4.69, 9.17) is 4.74 Å². The molecule has 2 aliphatic heterocycles. The van der Waals surface area contributed by atoms with Crippen LogP contribution in [-0.2, 0) is 14.3 Å². The van der Waals surface area contributed by atoms with Crippen LogP contribution in [0.2, 0.25) is 0 Å². The molecule has 1 N–H and O–H groups in total. The number of carbonyl (C=O) groups excluding carboxylic acids is 2. The molecular formula is C28H26FNO4S. The van der Waals surface area contributed by atoms with Gasteiger partial charge in [-0.05, 0) is 31.0 Å². The van der Waals surface area contributed by atoms with Crippen LogP contribution in [0.15, 0.2) is 84.9 Å². The Morgan fingerprint density at radius 2 is 1.51 bits per heavy atom. The molecule has 0 aromatic heterocycles. The van der Waals surface area contributed by atoms with E-state index in [1.807, 2.05) is 74.5 Å². The van der Waals surface area contributed by atoms with Crippen molar-refractivity contribution in [2.45, 2.75) is 42.2 Å². The minimum atomic E-state index is -1.29. The first kappa shape index (κ1) is 23.6. The Labute approximate surface area is 207 Å². The Morgan fingerprint density at radius 1 is 0.971 bits per heavy atom. The highest BCUT2D eigenvalue weighted by Gasteiger charge is 2.66. The molecule has 4 atom stereocenters. The van der Waals surface area contributed by atoms with E-state index >= 15 is 0 Å². The molecule has 2 aliphatic rings. The van der Waals surface area contributed by atoms with Gasteiger partial charge >= 0.3 is 5.97 Å². The molecule has 0 saturated carbocycles. The fourth-order valence-corrected chi connectivity index (χ4v) is 6.70. The Morgan fingerprint density at radius 3 is 2.09 bits per heavy atom. The van der Waals surface area contributed by atoms with E-state index in [0.717, 1.165) is 11.1 Å². The van der Waals surface area contributed by atoms with Gasteiger partial charge in [-0.15, -0.1) is 11.8 Å². The Balaban J connectivity index is 1.40. The van der Waals surface area contributed by atoms with Gasteiger partial charge in [-0.1, -0.05) is 78.9 Å². The van der Waals surface area contributed by atoms with Gasteiger partial charge < -0.3 is 14.7 Å². The number of ether oxygens (including phenoxy) is 1. The maximum Gasteiger partial charge on any atom is 0.331 e. The minimum Gasteiger partial charge on any atom is -0.451 e. The van der Waals surface area contributed by atoms with Crippen LogP contribution in [0.4, 0.5) is 4.39 Å². The van der Waals surface area contributed by atoms with Gasteiger partial charge in [-0.3, -0.25) is 4.79 Å². The maximum atomic E-state index is 14.3. The van der Waals surface area contributed by atoms with E-state index in [0.29, 0.717) is 0 Å². The van der Waals surface area contributed by atoms with E-state index < -0.39 is 46.1 Å². The van der Waals surface area contributed by atoms with Gasteiger partial charge in [-0.2, -0.15) is 0 Å². The molecule has 3 aromatic carbocycles. The molecule has 5 nitrogen and oxygen atoms in total. The highest BCUT2D eigenvalue weighted by Crippen LogP contribution is 2.56. The number of esters is 1. The van der Waals surface area contributed by atoms with Gasteiger partial charge in [-0.25, -0.2) is 9.18 Å². The van der Waals surface area contributed by atoms with E-state index in [-0.39, 0.29) is 11.5 Å². The van der Waals surface area contributed by atoms with Crippen LogP contribution in [-0.4, -0.2) is 38.0 Å². The molecule has 2 heterocycles. The molecule has 0 bridgehead atoms. The number of halogens is 1.